The average Bonchev–Trinajstić information content (AvgIpc) is 2.78. The van der Waals surface area contributed by atoms with Gasteiger partial charge in [0, 0.05) is 0 Å². The molecular formula is C29H54NO6+. The van der Waals surface area contributed by atoms with Gasteiger partial charge in [-0.1, -0.05) is 109 Å². The second kappa shape index (κ2) is 23.5. The molecule has 7 nitrogen and oxygen atoms in total. The topological polar surface area (TPSA) is 112 Å². The lowest BCUT2D eigenvalue weighted by atomic mass is 10.0. The van der Waals surface area contributed by atoms with Crippen molar-refractivity contribution in [3.8, 4) is 0 Å². The van der Waals surface area contributed by atoms with Crippen molar-refractivity contribution in [1.29, 1.82) is 0 Å². The maximum absolute atomic E-state index is 11.2. The summed E-state index contributed by atoms with van der Waals surface area (Å²) in [5, 5.41) is 27.4. The quantitative estimate of drug-likeness (QED) is 0.0618. The van der Waals surface area contributed by atoms with E-state index in [0.717, 1.165) is 25.7 Å². The van der Waals surface area contributed by atoms with Crippen LogP contribution in [0.25, 0.3) is 0 Å². The molecule has 0 aromatic rings. The second-order valence-electron chi connectivity index (χ2n) is 10.4. The molecule has 0 unspecified atom stereocenters. The molecule has 0 aliphatic heterocycles. The van der Waals surface area contributed by atoms with Crippen molar-refractivity contribution >= 4 is 17.9 Å². The van der Waals surface area contributed by atoms with Crippen molar-refractivity contribution in [2.45, 2.75) is 129 Å². The Morgan fingerprint density at radius 2 is 0.806 bits per heavy atom. The molecule has 0 aromatic heterocycles. The Kier molecular flexibility index (Phi) is 22.3. The number of unbranched alkanes of at least 4 members (excludes halogenated alkanes) is 17. The van der Waals surface area contributed by atoms with Gasteiger partial charge in [0.05, 0.1) is 6.54 Å². The minimum atomic E-state index is -1.17. The van der Waals surface area contributed by atoms with Crippen molar-refractivity contribution in [2.75, 3.05) is 26.2 Å². The van der Waals surface area contributed by atoms with E-state index in [4.69, 9.17) is 15.3 Å². The summed E-state index contributed by atoms with van der Waals surface area (Å²) >= 11 is 0. The van der Waals surface area contributed by atoms with Crippen LogP contribution in [-0.2, 0) is 14.4 Å². The van der Waals surface area contributed by atoms with Crippen LogP contribution in [0.2, 0.25) is 0 Å². The van der Waals surface area contributed by atoms with Gasteiger partial charge in [0.25, 0.3) is 0 Å². The summed E-state index contributed by atoms with van der Waals surface area (Å²) in [6, 6.07) is 0. The van der Waals surface area contributed by atoms with Gasteiger partial charge in [-0.3, -0.25) is 4.48 Å². The fraction of sp³-hybridized carbons (Fsp3) is 0.828. The molecule has 7 heteroatoms. The minimum absolute atomic E-state index is 0.265. The van der Waals surface area contributed by atoms with E-state index >= 15 is 0 Å². The lowest BCUT2D eigenvalue weighted by molar-refractivity contribution is -0.907. The second-order valence-corrected chi connectivity index (χ2v) is 10.4. The highest BCUT2D eigenvalue weighted by atomic mass is 16.4. The Labute approximate surface area is 219 Å². The zero-order chi connectivity index (χ0) is 26.9. The summed E-state index contributed by atoms with van der Waals surface area (Å²) in [6.45, 7) is 1.02. The van der Waals surface area contributed by atoms with E-state index in [1.165, 1.54) is 89.9 Å². The molecule has 0 heterocycles. The van der Waals surface area contributed by atoms with Gasteiger partial charge in [-0.15, -0.1) is 0 Å². The average molecular weight is 513 g/mol. The van der Waals surface area contributed by atoms with E-state index in [1.54, 1.807) is 0 Å². The van der Waals surface area contributed by atoms with Crippen LogP contribution in [0, 0.1) is 0 Å². The third-order valence-corrected chi connectivity index (χ3v) is 6.82. The molecule has 0 fully saturated rings. The highest BCUT2D eigenvalue weighted by Gasteiger charge is 2.35. The summed E-state index contributed by atoms with van der Waals surface area (Å²) in [6.07, 6.45) is 27.9. The van der Waals surface area contributed by atoms with Gasteiger partial charge < -0.3 is 15.3 Å². The fourth-order valence-electron chi connectivity index (χ4n) is 4.91. The molecule has 0 spiro atoms. The van der Waals surface area contributed by atoms with Crippen molar-refractivity contribution in [3.63, 3.8) is 0 Å². The Morgan fingerprint density at radius 1 is 0.500 bits per heavy atom. The lowest BCUT2D eigenvalue weighted by Gasteiger charge is -2.34. The Bertz CT molecular complexity index is 564. The van der Waals surface area contributed by atoms with Crippen LogP contribution >= 0.6 is 0 Å². The van der Waals surface area contributed by atoms with Gasteiger partial charge in [-0.2, -0.15) is 0 Å². The van der Waals surface area contributed by atoms with E-state index < -0.39 is 42.0 Å². The summed E-state index contributed by atoms with van der Waals surface area (Å²) in [5.74, 6) is -3.50. The first-order valence-electron chi connectivity index (χ1n) is 14.5. The predicted octanol–water partition coefficient (Wildman–Crippen LogP) is 7.05. The van der Waals surface area contributed by atoms with E-state index in [0.29, 0.717) is 6.42 Å². The molecule has 36 heavy (non-hydrogen) atoms. The van der Waals surface area contributed by atoms with Gasteiger partial charge in [-0.25, -0.2) is 14.4 Å². The van der Waals surface area contributed by atoms with Crippen LogP contribution in [0.15, 0.2) is 12.2 Å². The standard InChI is InChI=1S/C29H53NO6/c1-2-3-4-5-6-7-8-9-10-11-12-13-14-15-16-17-18-19-20-21-22-23-30(24-27(31)32,25-28(33)34)26-29(35)36/h3-4H,2,5-26H2,1H3,(H2-,31,32,33,34,35,36)/p+1/b4-3+. The van der Waals surface area contributed by atoms with Crippen LogP contribution < -0.4 is 0 Å². The van der Waals surface area contributed by atoms with Crippen molar-refractivity contribution < 1.29 is 34.2 Å². The molecule has 0 aliphatic carbocycles. The number of quaternary nitrogens is 1. The van der Waals surface area contributed by atoms with Crippen LogP contribution in [0.5, 0.6) is 0 Å². The maximum Gasteiger partial charge on any atom is 0.359 e. The number of allylic oxidation sites excluding steroid dienone is 2. The molecule has 0 aromatic carbocycles. The number of aliphatic carboxylic acids is 3. The SMILES string of the molecule is CC/C=C/CCCCCCCCCCCCCCCCCCC[N+](CC(=O)O)(CC(=O)O)CC(=O)O. The van der Waals surface area contributed by atoms with Crippen LogP contribution in [0.3, 0.4) is 0 Å². The molecule has 0 radical (unpaired) electrons. The Morgan fingerprint density at radius 3 is 1.11 bits per heavy atom. The Hall–Kier alpha value is -1.89. The molecule has 0 amide bonds. The monoisotopic (exact) mass is 512 g/mol. The lowest BCUT2D eigenvalue weighted by Crippen LogP contribution is -2.57. The van der Waals surface area contributed by atoms with Gasteiger partial charge >= 0.3 is 17.9 Å². The van der Waals surface area contributed by atoms with E-state index in [-0.39, 0.29) is 6.54 Å². The van der Waals surface area contributed by atoms with Crippen molar-refractivity contribution in [1.82, 2.24) is 0 Å². The van der Waals surface area contributed by atoms with Gasteiger partial charge in [-0.05, 0) is 32.1 Å². The predicted molar refractivity (Wildman–Crippen MR) is 145 cm³/mol. The smallest absolute Gasteiger partial charge is 0.359 e. The number of nitrogens with zero attached hydrogens (tertiary/aromatic N) is 1. The van der Waals surface area contributed by atoms with Crippen molar-refractivity contribution in [3.05, 3.63) is 12.2 Å². The number of hydrogen-bond acceptors (Lipinski definition) is 3. The van der Waals surface area contributed by atoms with Gasteiger partial charge in [0.1, 0.15) is 0 Å². The van der Waals surface area contributed by atoms with E-state index in [1.807, 2.05) is 0 Å². The molecular weight excluding hydrogens is 458 g/mol. The minimum Gasteiger partial charge on any atom is -0.477 e. The number of rotatable bonds is 27. The zero-order valence-corrected chi connectivity index (χ0v) is 22.9. The molecule has 0 bridgehead atoms. The number of carbonyl (C=O) groups is 3. The molecule has 0 saturated heterocycles. The van der Waals surface area contributed by atoms with Gasteiger partial charge in [0.2, 0.25) is 0 Å². The number of hydrogen-bond donors (Lipinski definition) is 3. The first-order chi connectivity index (χ1) is 17.3. The molecule has 0 aliphatic rings. The fourth-order valence-corrected chi connectivity index (χ4v) is 4.91. The normalized spacial score (nSPS) is 11.8. The highest BCUT2D eigenvalue weighted by Crippen LogP contribution is 2.16. The van der Waals surface area contributed by atoms with Crippen LogP contribution in [0.4, 0.5) is 0 Å². The largest absolute Gasteiger partial charge is 0.477 e. The zero-order valence-electron chi connectivity index (χ0n) is 22.9. The van der Waals surface area contributed by atoms with E-state index in [2.05, 4.69) is 19.1 Å². The third-order valence-electron chi connectivity index (χ3n) is 6.82. The third kappa shape index (κ3) is 22.6. The number of carboxylic acids is 3. The summed E-state index contributed by atoms with van der Waals surface area (Å²) < 4.78 is -0.434. The molecule has 0 atom stereocenters. The Balaban J connectivity index is 3.64. The molecule has 3 N–H and O–H groups in total. The molecule has 0 rings (SSSR count). The summed E-state index contributed by atoms with van der Waals surface area (Å²) in [4.78, 5) is 33.6. The van der Waals surface area contributed by atoms with Crippen LogP contribution in [-0.4, -0.2) is 63.9 Å². The highest BCUT2D eigenvalue weighted by molar-refractivity contribution is 5.73. The van der Waals surface area contributed by atoms with Crippen molar-refractivity contribution in [2.24, 2.45) is 0 Å². The molecule has 0 saturated carbocycles. The summed E-state index contributed by atoms with van der Waals surface area (Å²) in [5.41, 5.74) is 0. The number of carboxylic acid groups (broad SMARTS) is 3. The van der Waals surface area contributed by atoms with Gasteiger partial charge in [0.15, 0.2) is 19.6 Å². The van der Waals surface area contributed by atoms with E-state index in [9.17, 15) is 14.4 Å². The first kappa shape index (κ1) is 34.1. The summed E-state index contributed by atoms with van der Waals surface area (Å²) in [7, 11) is 0. The molecule has 210 valence electrons. The first-order valence-corrected chi connectivity index (χ1v) is 14.5. The maximum atomic E-state index is 11.2. The van der Waals surface area contributed by atoms with Crippen LogP contribution in [0.1, 0.15) is 129 Å².